The van der Waals surface area contributed by atoms with Crippen LogP contribution in [0.15, 0.2) is 6.20 Å². The summed E-state index contributed by atoms with van der Waals surface area (Å²) in [6.45, 7) is 5.57. The number of amides is 1. The molecule has 0 bridgehead atoms. The lowest BCUT2D eigenvalue weighted by Crippen LogP contribution is -2.40. The van der Waals surface area contributed by atoms with E-state index in [1.807, 2.05) is 24.8 Å². The van der Waals surface area contributed by atoms with Gasteiger partial charge >= 0.3 is 0 Å². The summed E-state index contributed by atoms with van der Waals surface area (Å²) in [5.74, 6) is 0.380. The van der Waals surface area contributed by atoms with Crippen LogP contribution in [-0.4, -0.2) is 35.0 Å². The van der Waals surface area contributed by atoms with E-state index < -0.39 is 0 Å². The molecule has 1 fully saturated rings. The minimum atomic E-state index is -0.215. The second-order valence-corrected chi connectivity index (χ2v) is 4.84. The Morgan fingerprint density at radius 1 is 1.58 bits per heavy atom. The summed E-state index contributed by atoms with van der Waals surface area (Å²) in [5.41, 5.74) is 0.945. The predicted octanol–water partition coefficient (Wildman–Crippen LogP) is 0.891. The van der Waals surface area contributed by atoms with Crippen molar-refractivity contribution in [1.29, 1.82) is 5.26 Å². The molecule has 0 saturated carbocycles. The molecule has 0 unspecified atom stereocenters. The zero-order valence-corrected chi connectivity index (χ0v) is 11.2. The van der Waals surface area contributed by atoms with Crippen LogP contribution in [0.5, 0.6) is 0 Å². The Bertz CT molecular complexity index is 516. The van der Waals surface area contributed by atoms with Crippen molar-refractivity contribution in [3.8, 4) is 6.07 Å². The van der Waals surface area contributed by atoms with Crippen LogP contribution in [0.25, 0.3) is 0 Å². The molecule has 6 nitrogen and oxygen atoms in total. The Kier molecular flexibility index (Phi) is 3.95. The highest BCUT2D eigenvalue weighted by Gasteiger charge is 2.24. The van der Waals surface area contributed by atoms with Crippen molar-refractivity contribution in [3.63, 3.8) is 0 Å². The van der Waals surface area contributed by atoms with Crippen LogP contribution < -0.4 is 10.2 Å². The molecule has 0 radical (unpaired) electrons. The minimum Gasteiger partial charge on any atom is -0.355 e. The number of carbonyl (C=O) groups excluding carboxylic acids is 1. The Hall–Kier alpha value is -2.16. The SMILES string of the molecule is CC(C)NC(=O)c1ncc(CC#N)nc1N1CCC1. The standard InChI is InChI=1S/C13H17N5O/c1-9(2)16-13(19)11-12(18-6-3-7-18)17-10(4-5-14)8-15-11/h8-9H,3-4,6-7H2,1-2H3,(H,16,19). The van der Waals surface area contributed by atoms with Gasteiger partial charge in [-0.1, -0.05) is 0 Å². The molecule has 1 aliphatic heterocycles. The van der Waals surface area contributed by atoms with E-state index in [-0.39, 0.29) is 18.4 Å². The van der Waals surface area contributed by atoms with E-state index >= 15 is 0 Å². The van der Waals surface area contributed by atoms with E-state index in [1.165, 1.54) is 6.20 Å². The maximum absolute atomic E-state index is 12.1. The molecule has 6 heteroatoms. The molecule has 2 heterocycles. The highest BCUT2D eigenvalue weighted by Crippen LogP contribution is 2.22. The van der Waals surface area contributed by atoms with E-state index in [0.717, 1.165) is 19.5 Å². The molecule has 100 valence electrons. The van der Waals surface area contributed by atoms with Crippen molar-refractivity contribution >= 4 is 11.7 Å². The first-order valence-electron chi connectivity index (χ1n) is 6.40. The molecular weight excluding hydrogens is 242 g/mol. The summed E-state index contributed by atoms with van der Waals surface area (Å²) in [4.78, 5) is 22.7. The monoisotopic (exact) mass is 259 g/mol. The van der Waals surface area contributed by atoms with Gasteiger partial charge in [-0.3, -0.25) is 4.79 Å². The third-order valence-corrected chi connectivity index (χ3v) is 2.85. The molecule has 0 atom stereocenters. The normalized spacial score (nSPS) is 13.9. The molecule has 1 aromatic rings. The Labute approximate surface area is 112 Å². The molecule has 2 rings (SSSR count). The second kappa shape index (κ2) is 5.65. The summed E-state index contributed by atoms with van der Waals surface area (Å²) in [6, 6.07) is 2.10. The molecule has 1 N–H and O–H groups in total. The van der Waals surface area contributed by atoms with E-state index in [1.54, 1.807) is 0 Å². The highest BCUT2D eigenvalue weighted by molar-refractivity contribution is 5.97. The quantitative estimate of drug-likeness (QED) is 0.868. The lowest BCUT2D eigenvalue weighted by molar-refractivity contribution is 0.0938. The van der Waals surface area contributed by atoms with Gasteiger partial charge in [0.05, 0.1) is 24.4 Å². The van der Waals surface area contributed by atoms with Crippen LogP contribution >= 0.6 is 0 Å². The lowest BCUT2D eigenvalue weighted by Gasteiger charge is -2.33. The van der Waals surface area contributed by atoms with Gasteiger partial charge in [-0.15, -0.1) is 0 Å². The first-order valence-corrected chi connectivity index (χ1v) is 6.40. The van der Waals surface area contributed by atoms with Gasteiger partial charge in [-0.05, 0) is 20.3 Å². The fourth-order valence-corrected chi connectivity index (χ4v) is 1.82. The lowest BCUT2D eigenvalue weighted by atomic mass is 10.2. The van der Waals surface area contributed by atoms with Crippen LogP contribution in [0.2, 0.25) is 0 Å². The Morgan fingerprint density at radius 3 is 2.84 bits per heavy atom. The van der Waals surface area contributed by atoms with Gasteiger partial charge in [-0.25, -0.2) is 9.97 Å². The van der Waals surface area contributed by atoms with Crippen molar-refractivity contribution in [2.24, 2.45) is 0 Å². The number of anilines is 1. The van der Waals surface area contributed by atoms with Gasteiger partial charge in [0.25, 0.3) is 5.91 Å². The van der Waals surface area contributed by atoms with Crippen LogP contribution in [0.3, 0.4) is 0 Å². The highest BCUT2D eigenvalue weighted by atomic mass is 16.2. The van der Waals surface area contributed by atoms with Gasteiger partial charge in [-0.2, -0.15) is 5.26 Å². The van der Waals surface area contributed by atoms with Crippen LogP contribution in [0.4, 0.5) is 5.82 Å². The molecular formula is C13H17N5O. The van der Waals surface area contributed by atoms with Crippen molar-refractivity contribution in [3.05, 3.63) is 17.6 Å². The number of rotatable bonds is 4. The molecule has 1 aliphatic rings. The Balaban J connectivity index is 2.31. The molecule has 0 spiro atoms. The predicted molar refractivity (Wildman–Crippen MR) is 70.8 cm³/mol. The van der Waals surface area contributed by atoms with Gasteiger partial charge in [0.2, 0.25) is 0 Å². The van der Waals surface area contributed by atoms with E-state index in [0.29, 0.717) is 17.2 Å². The number of aromatic nitrogens is 2. The van der Waals surface area contributed by atoms with Crippen molar-refractivity contribution in [2.75, 3.05) is 18.0 Å². The fourth-order valence-electron chi connectivity index (χ4n) is 1.82. The largest absolute Gasteiger partial charge is 0.355 e. The molecule has 0 aliphatic carbocycles. The average molecular weight is 259 g/mol. The Morgan fingerprint density at radius 2 is 2.32 bits per heavy atom. The van der Waals surface area contributed by atoms with Gasteiger partial charge < -0.3 is 10.2 Å². The van der Waals surface area contributed by atoms with E-state index in [2.05, 4.69) is 15.3 Å². The second-order valence-electron chi connectivity index (χ2n) is 4.84. The minimum absolute atomic E-state index is 0.0531. The topological polar surface area (TPSA) is 81.9 Å². The number of nitriles is 1. The maximum atomic E-state index is 12.1. The molecule has 0 aromatic carbocycles. The summed E-state index contributed by atoms with van der Waals surface area (Å²) >= 11 is 0. The number of nitrogens with zero attached hydrogens (tertiary/aromatic N) is 4. The third kappa shape index (κ3) is 2.99. The number of hydrogen-bond donors (Lipinski definition) is 1. The maximum Gasteiger partial charge on any atom is 0.273 e. The fraction of sp³-hybridized carbons (Fsp3) is 0.538. The third-order valence-electron chi connectivity index (χ3n) is 2.85. The van der Waals surface area contributed by atoms with Gasteiger partial charge in [0.1, 0.15) is 0 Å². The van der Waals surface area contributed by atoms with Gasteiger partial charge in [0, 0.05) is 19.1 Å². The van der Waals surface area contributed by atoms with Crippen LogP contribution in [-0.2, 0) is 6.42 Å². The van der Waals surface area contributed by atoms with Crippen LogP contribution in [0.1, 0.15) is 36.5 Å². The van der Waals surface area contributed by atoms with Crippen molar-refractivity contribution in [2.45, 2.75) is 32.7 Å². The summed E-state index contributed by atoms with van der Waals surface area (Å²) in [7, 11) is 0. The average Bonchev–Trinajstić information content (AvgIpc) is 2.26. The number of hydrogen-bond acceptors (Lipinski definition) is 5. The van der Waals surface area contributed by atoms with Gasteiger partial charge in [0.15, 0.2) is 11.5 Å². The molecule has 1 aromatic heterocycles. The summed E-state index contributed by atoms with van der Waals surface area (Å²) < 4.78 is 0. The van der Waals surface area contributed by atoms with Crippen molar-refractivity contribution < 1.29 is 4.79 Å². The zero-order valence-electron chi connectivity index (χ0n) is 11.2. The van der Waals surface area contributed by atoms with Crippen molar-refractivity contribution in [1.82, 2.24) is 15.3 Å². The smallest absolute Gasteiger partial charge is 0.273 e. The molecule has 1 saturated heterocycles. The molecule has 19 heavy (non-hydrogen) atoms. The zero-order chi connectivity index (χ0) is 13.8. The van der Waals surface area contributed by atoms with E-state index in [4.69, 9.17) is 5.26 Å². The first kappa shape index (κ1) is 13.3. The number of nitrogens with one attached hydrogen (secondary N) is 1. The number of carbonyl (C=O) groups is 1. The first-order chi connectivity index (χ1) is 9.11. The van der Waals surface area contributed by atoms with E-state index in [9.17, 15) is 4.79 Å². The summed E-state index contributed by atoms with van der Waals surface area (Å²) in [5, 5.41) is 11.5. The summed E-state index contributed by atoms with van der Waals surface area (Å²) in [6.07, 6.45) is 2.80. The molecule has 1 amide bonds. The van der Waals surface area contributed by atoms with Crippen LogP contribution in [0, 0.1) is 11.3 Å².